The molecule has 0 radical (unpaired) electrons. The first-order valence-electron chi connectivity index (χ1n) is 9.77. The number of halogens is 1. The maximum absolute atomic E-state index is 13.4. The summed E-state index contributed by atoms with van der Waals surface area (Å²) in [7, 11) is 3.37. The number of carbonyl (C=O) groups is 1. The third-order valence-electron chi connectivity index (χ3n) is 5.16. The van der Waals surface area contributed by atoms with Crippen LogP contribution in [0.3, 0.4) is 0 Å². The fourth-order valence-corrected chi connectivity index (χ4v) is 3.75. The summed E-state index contributed by atoms with van der Waals surface area (Å²) in [5.41, 5.74) is 2.22. The minimum absolute atomic E-state index is 0.100. The number of anilines is 1. The molecule has 1 atom stereocenters. The quantitative estimate of drug-likeness (QED) is 0.697. The average Bonchev–Trinajstić information content (AvgIpc) is 3.30. The zero-order valence-corrected chi connectivity index (χ0v) is 17.1. The Balaban J connectivity index is 1.80. The summed E-state index contributed by atoms with van der Waals surface area (Å²) in [5.74, 6) is -0.163. The Morgan fingerprint density at radius 1 is 1.17 bits per heavy atom. The van der Waals surface area contributed by atoms with E-state index < -0.39 is 6.04 Å². The van der Waals surface area contributed by atoms with Crippen LogP contribution in [0.2, 0.25) is 0 Å². The molecule has 0 saturated carbocycles. The second-order valence-corrected chi connectivity index (χ2v) is 7.50. The van der Waals surface area contributed by atoms with Gasteiger partial charge in [0.25, 0.3) is 5.56 Å². The number of aromatic nitrogens is 4. The van der Waals surface area contributed by atoms with Crippen LogP contribution in [-0.4, -0.2) is 50.3 Å². The summed E-state index contributed by atoms with van der Waals surface area (Å²) in [6.45, 7) is 3.05. The number of rotatable bonds is 5. The number of nitrogens with zero attached hydrogens (tertiary/aromatic N) is 5. The Bertz CT molecular complexity index is 1150. The van der Waals surface area contributed by atoms with Gasteiger partial charge in [-0.3, -0.25) is 14.3 Å². The largest absolute Gasteiger partial charge is 0.347 e. The molecule has 3 aromatic rings. The SMILES string of the molecule is CC(Nc1nccc(-c2c(-c3ccc(F)cc3)c(=O)n3n2CCC3)n1)C(=O)N(C)C. The Kier molecular flexibility index (Phi) is 5.11. The van der Waals surface area contributed by atoms with E-state index in [4.69, 9.17) is 0 Å². The molecule has 2 aromatic heterocycles. The standard InChI is InChI=1S/C21H23FN6O2/c1-13(19(29)26(2)3)24-21-23-10-9-16(25-21)18-17(14-5-7-15(22)8-6-14)20(30)28-12-4-11-27(18)28/h5-10,13H,4,11-12H2,1-3H3,(H,23,24,25). The molecule has 1 unspecified atom stereocenters. The first kappa shape index (κ1) is 19.8. The second kappa shape index (κ2) is 7.74. The summed E-state index contributed by atoms with van der Waals surface area (Å²) in [6, 6.07) is 7.11. The van der Waals surface area contributed by atoms with E-state index in [1.807, 2.05) is 4.68 Å². The minimum Gasteiger partial charge on any atom is -0.347 e. The Hall–Kier alpha value is -3.49. The topological polar surface area (TPSA) is 85.0 Å². The van der Waals surface area contributed by atoms with Crippen molar-refractivity contribution in [1.29, 1.82) is 0 Å². The van der Waals surface area contributed by atoms with Crippen LogP contribution in [0.4, 0.5) is 10.3 Å². The van der Waals surface area contributed by atoms with E-state index in [0.29, 0.717) is 41.6 Å². The van der Waals surface area contributed by atoms with Gasteiger partial charge in [0.15, 0.2) is 0 Å². The maximum Gasteiger partial charge on any atom is 0.275 e. The van der Waals surface area contributed by atoms with Crippen LogP contribution in [-0.2, 0) is 17.9 Å². The molecule has 0 bridgehead atoms. The highest BCUT2D eigenvalue weighted by atomic mass is 19.1. The fraction of sp³-hybridized carbons (Fsp3) is 0.333. The van der Waals surface area contributed by atoms with Crippen molar-refractivity contribution in [3.63, 3.8) is 0 Å². The van der Waals surface area contributed by atoms with E-state index in [1.165, 1.54) is 17.0 Å². The average molecular weight is 410 g/mol. The van der Waals surface area contributed by atoms with E-state index >= 15 is 0 Å². The molecule has 0 fully saturated rings. The van der Waals surface area contributed by atoms with E-state index in [-0.39, 0.29) is 17.3 Å². The second-order valence-electron chi connectivity index (χ2n) is 7.50. The van der Waals surface area contributed by atoms with Crippen molar-refractivity contribution < 1.29 is 9.18 Å². The van der Waals surface area contributed by atoms with E-state index in [2.05, 4.69) is 15.3 Å². The lowest BCUT2D eigenvalue weighted by Crippen LogP contribution is -2.37. The molecule has 1 N–H and O–H groups in total. The van der Waals surface area contributed by atoms with Crippen molar-refractivity contribution in [1.82, 2.24) is 24.2 Å². The molecule has 0 spiro atoms. The molecular weight excluding hydrogens is 387 g/mol. The van der Waals surface area contributed by atoms with Gasteiger partial charge in [-0.25, -0.2) is 19.0 Å². The molecule has 1 amide bonds. The Morgan fingerprint density at radius 2 is 1.87 bits per heavy atom. The number of carbonyl (C=O) groups excluding carboxylic acids is 1. The van der Waals surface area contributed by atoms with Crippen molar-refractivity contribution in [2.24, 2.45) is 0 Å². The zero-order valence-electron chi connectivity index (χ0n) is 17.1. The lowest BCUT2D eigenvalue weighted by Gasteiger charge is -2.18. The molecule has 9 heteroatoms. The Labute approximate surface area is 173 Å². The van der Waals surface area contributed by atoms with Crippen molar-refractivity contribution in [3.05, 3.63) is 52.7 Å². The van der Waals surface area contributed by atoms with E-state index in [1.54, 1.807) is 50.1 Å². The van der Waals surface area contributed by atoms with Gasteiger partial charge in [0.1, 0.15) is 11.9 Å². The molecule has 3 heterocycles. The number of hydrogen-bond donors (Lipinski definition) is 1. The van der Waals surface area contributed by atoms with E-state index in [9.17, 15) is 14.0 Å². The number of hydrogen-bond acceptors (Lipinski definition) is 5. The summed E-state index contributed by atoms with van der Waals surface area (Å²) in [6.07, 6.45) is 2.45. The number of fused-ring (bicyclic) bond motifs is 1. The smallest absolute Gasteiger partial charge is 0.275 e. The molecule has 0 aliphatic carbocycles. The van der Waals surface area contributed by atoms with Crippen LogP contribution >= 0.6 is 0 Å². The lowest BCUT2D eigenvalue weighted by molar-refractivity contribution is -0.129. The van der Waals surface area contributed by atoms with Crippen molar-refractivity contribution in [3.8, 4) is 22.5 Å². The number of nitrogens with one attached hydrogen (secondary N) is 1. The molecule has 8 nitrogen and oxygen atoms in total. The van der Waals surface area contributed by atoms with Gasteiger partial charge in [0.05, 0.1) is 17.0 Å². The summed E-state index contributed by atoms with van der Waals surface area (Å²) >= 11 is 0. The molecule has 1 aromatic carbocycles. The normalized spacial score (nSPS) is 13.7. The summed E-state index contributed by atoms with van der Waals surface area (Å²) < 4.78 is 17.1. The van der Waals surface area contributed by atoms with E-state index in [0.717, 1.165) is 6.42 Å². The van der Waals surface area contributed by atoms with Crippen LogP contribution < -0.4 is 10.9 Å². The van der Waals surface area contributed by atoms with Crippen LogP contribution in [0.1, 0.15) is 13.3 Å². The van der Waals surface area contributed by atoms with Crippen LogP contribution in [0.5, 0.6) is 0 Å². The highest BCUT2D eigenvalue weighted by Crippen LogP contribution is 2.31. The molecule has 30 heavy (non-hydrogen) atoms. The summed E-state index contributed by atoms with van der Waals surface area (Å²) in [5, 5.41) is 3.02. The maximum atomic E-state index is 13.4. The molecular formula is C21H23FN6O2. The van der Waals surface area contributed by atoms with Gasteiger partial charge in [-0.05, 0) is 37.1 Å². The van der Waals surface area contributed by atoms with Gasteiger partial charge >= 0.3 is 0 Å². The fourth-order valence-electron chi connectivity index (χ4n) is 3.75. The van der Waals surface area contributed by atoms with Gasteiger partial charge in [-0.15, -0.1) is 0 Å². The third-order valence-corrected chi connectivity index (χ3v) is 5.16. The third kappa shape index (κ3) is 3.47. The predicted octanol–water partition coefficient (Wildman–Crippen LogP) is 2.21. The highest BCUT2D eigenvalue weighted by molar-refractivity contribution is 5.83. The van der Waals surface area contributed by atoms with Crippen LogP contribution in [0.25, 0.3) is 22.5 Å². The van der Waals surface area contributed by atoms with Gasteiger partial charge in [-0.2, -0.15) is 0 Å². The van der Waals surface area contributed by atoms with Crippen LogP contribution in [0, 0.1) is 5.82 Å². The van der Waals surface area contributed by atoms with Gasteiger partial charge in [0, 0.05) is 33.4 Å². The first-order valence-corrected chi connectivity index (χ1v) is 9.77. The van der Waals surface area contributed by atoms with Gasteiger partial charge in [-0.1, -0.05) is 12.1 Å². The Morgan fingerprint density at radius 3 is 2.57 bits per heavy atom. The lowest BCUT2D eigenvalue weighted by atomic mass is 10.0. The number of amides is 1. The van der Waals surface area contributed by atoms with Crippen molar-refractivity contribution in [2.45, 2.75) is 32.5 Å². The van der Waals surface area contributed by atoms with Crippen LogP contribution in [0.15, 0.2) is 41.3 Å². The predicted molar refractivity (Wildman–Crippen MR) is 112 cm³/mol. The number of benzene rings is 1. The van der Waals surface area contributed by atoms with Crippen molar-refractivity contribution in [2.75, 3.05) is 19.4 Å². The summed E-state index contributed by atoms with van der Waals surface area (Å²) in [4.78, 5) is 35.6. The monoisotopic (exact) mass is 410 g/mol. The minimum atomic E-state index is -0.505. The number of likely N-dealkylation sites (N-methyl/N-ethyl adjacent to an activating group) is 1. The van der Waals surface area contributed by atoms with Gasteiger partial charge in [0.2, 0.25) is 11.9 Å². The first-order chi connectivity index (χ1) is 14.4. The van der Waals surface area contributed by atoms with Gasteiger partial charge < -0.3 is 10.2 Å². The van der Waals surface area contributed by atoms with Crippen molar-refractivity contribution >= 4 is 11.9 Å². The zero-order chi connectivity index (χ0) is 21.4. The molecule has 1 aliphatic heterocycles. The molecule has 0 saturated heterocycles. The molecule has 4 rings (SSSR count). The molecule has 1 aliphatic rings. The molecule has 156 valence electrons. The highest BCUT2D eigenvalue weighted by Gasteiger charge is 2.26.